The summed E-state index contributed by atoms with van der Waals surface area (Å²) in [6.45, 7) is 5.86. The van der Waals surface area contributed by atoms with Crippen molar-refractivity contribution in [3.05, 3.63) is 0 Å². The van der Waals surface area contributed by atoms with Crippen molar-refractivity contribution in [2.75, 3.05) is 13.1 Å². The van der Waals surface area contributed by atoms with Crippen LogP contribution in [0.15, 0.2) is 0 Å². The Bertz CT molecular complexity index is 460. The molecule has 0 N–H and O–H groups in total. The molecule has 0 radical (unpaired) electrons. The molecule has 24 heavy (non-hydrogen) atoms. The van der Waals surface area contributed by atoms with Crippen molar-refractivity contribution >= 4 is 6.09 Å². The lowest BCUT2D eigenvalue weighted by Crippen LogP contribution is -2.42. The Morgan fingerprint density at radius 3 is 2.46 bits per heavy atom. The molecule has 1 heterocycles. The third kappa shape index (κ3) is 3.07. The molecule has 4 heteroatoms. The highest BCUT2D eigenvalue weighted by molar-refractivity contribution is 5.67. The average molecular weight is 335 g/mol. The molecule has 2 bridgehead atoms. The van der Waals surface area contributed by atoms with Crippen LogP contribution in [0.25, 0.3) is 0 Å². The minimum atomic E-state index is -0.386. The predicted molar refractivity (Wildman–Crippen MR) is 92.4 cm³/mol. The molecule has 136 valence electrons. The lowest BCUT2D eigenvalue weighted by Gasteiger charge is -2.35. The van der Waals surface area contributed by atoms with Gasteiger partial charge in [-0.1, -0.05) is 20.3 Å². The van der Waals surface area contributed by atoms with Crippen molar-refractivity contribution in [2.45, 2.75) is 77.6 Å². The number of amides is 1. The standard InChI is InChI=1S/C20H33NO3/c1-13(2)19(24-20(22)21-9-4-3-5-10-21)23-18-12-14-11-17(18)16-8-6-7-15(14)16/h13-19H,3-12H2,1-2H3. The zero-order valence-corrected chi connectivity index (χ0v) is 15.3. The quantitative estimate of drug-likeness (QED) is 0.713. The summed E-state index contributed by atoms with van der Waals surface area (Å²) in [5.74, 6) is 3.66. The van der Waals surface area contributed by atoms with E-state index < -0.39 is 0 Å². The van der Waals surface area contributed by atoms with E-state index in [1.165, 1.54) is 38.5 Å². The van der Waals surface area contributed by atoms with Crippen LogP contribution in [0.4, 0.5) is 4.79 Å². The summed E-state index contributed by atoms with van der Waals surface area (Å²) in [5, 5.41) is 0. The second kappa shape index (κ2) is 6.86. The zero-order chi connectivity index (χ0) is 16.7. The molecule has 0 aromatic heterocycles. The Morgan fingerprint density at radius 2 is 1.71 bits per heavy atom. The van der Waals surface area contributed by atoms with E-state index in [0.29, 0.717) is 6.10 Å². The van der Waals surface area contributed by atoms with Crippen LogP contribution in [0.3, 0.4) is 0 Å². The number of fused-ring (bicyclic) bond motifs is 5. The smallest absolute Gasteiger partial charge is 0.412 e. The number of piperidine rings is 1. The van der Waals surface area contributed by atoms with E-state index in [2.05, 4.69) is 13.8 Å². The molecule has 0 aromatic rings. The van der Waals surface area contributed by atoms with E-state index in [9.17, 15) is 4.79 Å². The Labute approximate surface area is 146 Å². The van der Waals surface area contributed by atoms with E-state index >= 15 is 0 Å². The molecule has 1 saturated heterocycles. The molecule has 4 aliphatic rings. The van der Waals surface area contributed by atoms with Crippen LogP contribution in [0, 0.1) is 29.6 Å². The second-order valence-electron chi connectivity index (χ2n) is 8.87. The molecule has 4 nitrogen and oxygen atoms in total. The first-order valence-electron chi connectivity index (χ1n) is 10.2. The molecule has 0 aromatic carbocycles. The summed E-state index contributed by atoms with van der Waals surface area (Å²) in [4.78, 5) is 14.3. The number of carbonyl (C=O) groups excluding carboxylic acids is 1. The maximum Gasteiger partial charge on any atom is 0.412 e. The number of rotatable bonds is 4. The summed E-state index contributed by atoms with van der Waals surface area (Å²) < 4.78 is 12.2. The second-order valence-corrected chi connectivity index (χ2v) is 8.87. The predicted octanol–water partition coefficient (Wildman–Crippen LogP) is 4.43. The van der Waals surface area contributed by atoms with Gasteiger partial charge < -0.3 is 14.4 Å². The SMILES string of the molecule is CC(C)C(OC(=O)N1CCCCC1)OC1CC2CC1C1CCCC21. The Kier molecular flexibility index (Phi) is 4.77. The van der Waals surface area contributed by atoms with Gasteiger partial charge in [0.1, 0.15) is 0 Å². The lowest BCUT2D eigenvalue weighted by molar-refractivity contribution is -0.181. The molecule has 4 rings (SSSR count). The number of carbonyl (C=O) groups is 1. The summed E-state index contributed by atoms with van der Waals surface area (Å²) in [6, 6.07) is 0. The van der Waals surface area contributed by atoms with E-state index in [0.717, 1.165) is 49.6 Å². The third-order valence-electron chi connectivity index (χ3n) is 7.05. The van der Waals surface area contributed by atoms with Gasteiger partial charge in [0.25, 0.3) is 0 Å². The Morgan fingerprint density at radius 1 is 0.958 bits per heavy atom. The van der Waals surface area contributed by atoms with Crippen molar-refractivity contribution in [3.63, 3.8) is 0 Å². The van der Waals surface area contributed by atoms with Gasteiger partial charge in [0.2, 0.25) is 6.29 Å². The minimum Gasteiger partial charge on any atom is -0.419 e. The van der Waals surface area contributed by atoms with E-state index in [-0.39, 0.29) is 18.3 Å². The topological polar surface area (TPSA) is 38.8 Å². The van der Waals surface area contributed by atoms with Gasteiger partial charge in [0.05, 0.1) is 6.10 Å². The Hall–Kier alpha value is -0.770. The third-order valence-corrected chi connectivity index (χ3v) is 7.05. The maximum absolute atomic E-state index is 12.5. The van der Waals surface area contributed by atoms with Crippen molar-refractivity contribution in [1.82, 2.24) is 4.90 Å². The number of hydrogen-bond acceptors (Lipinski definition) is 3. The van der Waals surface area contributed by atoms with Crippen LogP contribution in [-0.4, -0.2) is 36.5 Å². The first-order valence-corrected chi connectivity index (χ1v) is 10.2. The monoisotopic (exact) mass is 335 g/mol. The maximum atomic E-state index is 12.5. The highest BCUT2D eigenvalue weighted by Crippen LogP contribution is 2.59. The van der Waals surface area contributed by atoms with E-state index in [1.54, 1.807) is 0 Å². The fourth-order valence-electron chi connectivity index (χ4n) is 5.91. The summed E-state index contributed by atoms with van der Waals surface area (Å²) >= 11 is 0. The molecule has 1 aliphatic heterocycles. The van der Waals surface area contributed by atoms with Gasteiger partial charge in [0, 0.05) is 19.0 Å². The van der Waals surface area contributed by atoms with Gasteiger partial charge in [-0.2, -0.15) is 0 Å². The van der Waals surface area contributed by atoms with E-state index in [1.807, 2.05) is 4.90 Å². The molecule has 3 saturated carbocycles. The minimum absolute atomic E-state index is 0.171. The van der Waals surface area contributed by atoms with Gasteiger partial charge in [-0.25, -0.2) is 4.79 Å². The number of likely N-dealkylation sites (tertiary alicyclic amines) is 1. The van der Waals surface area contributed by atoms with Gasteiger partial charge in [-0.05, 0) is 68.6 Å². The fraction of sp³-hybridized carbons (Fsp3) is 0.950. The van der Waals surface area contributed by atoms with Crippen molar-refractivity contribution < 1.29 is 14.3 Å². The summed E-state index contributed by atoms with van der Waals surface area (Å²) in [7, 11) is 0. The van der Waals surface area contributed by atoms with Crippen LogP contribution in [-0.2, 0) is 9.47 Å². The van der Waals surface area contributed by atoms with E-state index in [4.69, 9.17) is 9.47 Å². The normalized spacial score (nSPS) is 39.3. The van der Waals surface area contributed by atoms with Gasteiger partial charge in [0.15, 0.2) is 0 Å². The van der Waals surface area contributed by atoms with Crippen LogP contribution in [0.2, 0.25) is 0 Å². The van der Waals surface area contributed by atoms with Crippen LogP contribution in [0.1, 0.15) is 65.2 Å². The van der Waals surface area contributed by atoms with Crippen LogP contribution < -0.4 is 0 Å². The first-order chi connectivity index (χ1) is 11.6. The molecule has 3 aliphatic carbocycles. The van der Waals surface area contributed by atoms with Gasteiger partial charge >= 0.3 is 6.09 Å². The fourth-order valence-corrected chi connectivity index (χ4v) is 5.91. The van der Waals surface area contributed by atoms with Crippen LogP contribution in [0.5, 0.6) is 0 Å². The number of hydrogen-bond donors (Lipinski definition) is 0. The lowest BCUT2D eigenvalue weighted by atomic mass is 9.80. The van der Waals surface area contributed by atoms with Crippen LogP contribution >= 0.6 is 0 Å². The summed E-state index contributed by atoms with van der Waals surface area (Å²) in [5.41, 5.74) is 0. The number of ether oxygens (including phenoxy) is 2. The largest absolute Gasteiger partial charge is 0.419 e. The molecule has 4 fully saturated rings. The van der Waals surface area contributed by atoms with Crippen molar-refractivity contribution in [2.24, 2.45) is 29.6 Å². The average Bonchev–Trinajstić information content (AvgIpc) is 3.27. The first kappa shape index (κ1) is 16.7. The van der Waals surface area contributed by atoms with Crippen molar-refractivity contribution in [1.29, 1.82) is 0 Å². The van der Waals surface area contributed by atoms with Gasteiger partial charge in [-0.3, -0.25) is 0 Å². The molecule has 6 atom stereocenters. The Balaban J connectivity index is 1.35. The molecule has 0 spiro atoms. The zero-order valence-electron chi connectivity index (χ0n) is 15.3. The molecule has 6 unspecified atom stereocenters. The highest BCUT2D eigenvalue weighted by atomic mass is 16.7. The van der Waals surface area contributed by atoms with Gasteiger partial charge in [-0.15, -0.1) is 0 Å². The molecule has 1 amide bonds. The highest BCUT2D eigenvalue weighted by Gasteiger charge is 2.54. The van der Waals surface area contributed by atoms with Crippen molar-refractivity contribution in [3.8, 4) is 0 Å². The summed E-state index contributed by atoms with van der Waals surface area (Å²) in [6.07, 6.45) is 9.96. The number of nitrogens with zero attached hydrogens (tertiary/aromatic N) is 1. The molecular formula is C20H33NO3. The molecular weight excluding hydrogens is 302 g/mol.